The normalized spacial score (nSPS) is 17.5. The standard InChI is InChI=1S/C24H24BrN3O3/c1-15-23(16(2)28(27-15)20-9-12-21(30-3)13-10-20)17-4-11-22(14-17)31-24(29)26-19-7-5-18(25)6-8-19/h4-13,17,22H,14H2,1-3H3,(H,26,29)/t17-,22+/m0/s1. The number of nitrogens with zero attached hydrogens (tertiary/aromatic N) is 2. The van der Waals surface area contributed by atoms with Crippen LogP contribution >= 0.6 is 15.9 Å². The molecule has 4 rings (SSSR count). The summed E-state index contributed by atoms with van der Waals surface area (Å²) in [4.78, 5) is 12.3. The van der Waals surface area contributed by atoms with E-state index in [1.807, 2.05) is 66.2 Å². The molecule has 0 saturated carbocycles. The summed E-state index contributed by atoms with van der Waals surface area (Å²) in [6.45, 7) is 4.09. The second-order valence-corrected chi connectivity index (χ2v) is 8.41. The van der Waals surface area contributed by atoms with Crippen molar-refractivity contribution in [2.75, 3.05) is 12.4 Å². The van der Waals surface area contributed by atoms with E-state index in [0.717, 1.165) is 27.3 Å². The Morgan fingerprint density at radius 2 is 1.81 bits per heavy atom. The van der Waals surface area contributed by atoms with E-state index in [-0.39, 0.29) is 12.0 Å². The molecule has 160 valence electrons. The highest BCUT2D eigenvalue weighted by Crippen LogP contribution is 2.35. The lowest BCUT2D eigenvalue weighted by Gasteiger charge is -2.15. The van der Waals surface area contributed by atoms with E-state index in [4.69, 9.17) is 14.6 Å². The summed E-state index contributed by atoms with van der Waals surface area (Å²) in [6, 6.07) is 15.2. The number of ether oxygens (including phenoxy) is 2. The van der Waals surface area contributed by atoms with E-state index in [9.17, 15) is 4.79 Å². The molecule has 1 heterocycles. The van der Waals surface area contributed by atoms with E-state index < -0.39 is 6.09 Å². The van der Waals surface area contributed by atoms with Crippen LogP contribution in [0, 0.1) is 13.8 Å². The van der Waals surface area contributed by atoms with Gasteiger partial charge in [0.1, 0.15) is 11.9 Å². The molecule has 1 amide bonds. The minimum atomic E-state index is -0.458. The Balaban J connectivity index is 1.43. The molecule has 0 spiro atoms. The van der Waals surface area contributed by atoms with Crippen molar-refractivity contribution in [3.05, 3.63) is 82.1 Å². The molecule has 7 heteroatoms. The summed E-state index contributed by atoms with van der Waals surface area (Å²) in [6.07, 6.45) is 4.02. The zero-order chi connectivity index (χ0) is 22.0. The molecule has 0 bridgehead atoms. The van der Waals surface area contributed by atoms with Gasteiger partial charge in [-0.25, -0.2) is 9.48 Å². The highest BCUT2D eigenvalue weighted by atomic mass is 79.9. The number of amides is 1. The quantitative estimate of drug-likeness (QED) is 0.459. The molecule has 0 fully saturated rings. The summed E-state index contributed by atoms with van der Waals surface area (Å²) in [5.74, 6) is 0.961. The number of aromatic nitrogens is 2. The number of carbonyl (C=O) groups excluding carboxylic acids is 1. The van der Waals surface area contributed by atoms with Crippen molar-refractivity contribution in [1.82, 2.24) is 9.78 Å². The first kappa shape index (κ1) is 21.2. The lowest BCUT2D eigenvalue weighted by Crippen LogP contribution is -2.20. The summed E-state index contributed by atoms with van der Waals surface area (Å²) < 4.78 is 13.8. The number of hydrogen-bond acceptors (Lipinski definition) is 4. The van der Waals surface area contributed by atoms with E-state index in [1.54, 1.807) is 7.11 Å². The summed E-state index contributed by atoms with van der Waals surface area (Å²) in [7, 11) is 1.65. The lowest BCUT2D eigenvalue weighted by atomic mass is 9.96. The molecule has 6 nitrogen and oxygen atoms in total. The number of nitrogens with one attached hydrogen (secondary N) is 1. The van der Waals surface area contributed by atoms with Crippen LogP contribution in [0.3, 0.4) is 0 Å². The Bertz CT molecular complexity index is 1100. The van der Waals surface area contributed by atoms with E-state index in [1.165, 1.54) is 5.56 Å². The second kappa shape index (κ2) is 8.98. The van der Waals surface area contributed by atoms with Crippen LogP contribution in [-0.4, -0.2) is 29.1 Å². The van der Waals surface area contributed by atoms with Crippen LogP contribution in [0.1, 0.15) is 29.3 Å². The zero-order valence-corrected chi connectivity index (χ0v) is 19.2. The smallest absolute Gasteiger partial charge is 0.412 e. The van der Waals surface area contributed by atoms with Gasteiger partial charge in [0, 0.05) is 27.3 Å². The van der Waals surface area contributed by atoms with Gasteiger partial charge < -0.3 is 9.47 Å². The number of benzene rings is 2. The molecule has 3 aromatic rings. The van der Waals surface area contributed by atoms with Crippen molar-refractivity contribution in [2.45, 2.75) is 32.3 Å². The molecule has 31 heavy (non-hydrogen) atoms. The van der Waals surface area contributed by atoms with Crippen LogP contribution in [0.15, 0.2) is 65.2 Å². The lowest BCUT2D eigenvalue weighted by molar-refractivity contribution is 0.132. The molecule has 0 aliphatic heterocycles. The fourth-order valence-electron chi connectivity index (χ4n) is 3.95. The van der Waals surface area contributed by atoms with Crippen LogP contribution in [0.5, 0.6) is 5.75 Å². The minimum Gasteiger partial charge on any atom is -0.497 e. The SMILES string of the molecule is COc1ccc(-n2nc(C)c([C@H]3C=C[C@@H](OC(=O)Nc4ccc(Br)cc4)C3)c2C)cc1. The van der Waals surface area contributed by atoms with Gasteiger partial charge in [-0.05, 0) is 74.9 Å². The molecule has 1 aliphatic rings. The summed E-state index contributed by atoms with van der Waals surface area (Å²) in [5.41, 5.74) is 4.90. The van der Waals surface area contributed by atoms with Crippen LogP contribution in [0.4, 0.5) is 10.5 Å². The molecular formula is C24H24BrN3O3. The van der Waals surface area contributed by atoms with Crippen molar-refractivity contribution in [2.24, 2.45) is 0 Å². The van der Waals surface area contributed by atoms with Gasteiger partial charge in [0.25, 0.3) is 0 Å². The average molecular weight is 482 g/mol. The second-order valence-electron chi connectivity index (χ2n) is 7.50. The molecule has 0 saturated heterocycles. The Labute approximate surface area is 190 Å². The Kier molecular flexibility index (Phi) is 6.13. The predicted octanol–water partition coefficient (Wildman–Crippen LogP) is 5.92. The molecule has 2 aromatic carbocycles. The first-order chi connectivity index (χ1) is 14.9. The maximum absolute atomic E-state index is 12.3. The topological polar surface area (TPSA) is 65.4 Å². The molecule has 1 aromatic heterocycles. The molecule has 0 radical (unpaired) electrons. The molecule has 1 aliphatic carbocycles. The minimum absolute atomic E-state index is 0.150. The number of aryl methyl sites for hydroxylation is 1. The van der Waals surface area contributed by atoms with E-state index in [0.29, 0.717) is 12.1 Å². The third-order valence-corrected chi connectivity index (χ3v) is 5.96. The number of anilines is 1. The van der Waals surface area contributed by atoms with Crippen LogP contribution in [-0.2, 0) is 4.74 Å². The van der Waals surface area contributed by atoms with Crippen molar-refractivity contribution in [3.8, 4) is 11.4 Å². The predicted molar refractivity (Wildman–Crippen MR) is 124 cm³/mol. The summed E-state index contributed by atoms with van der Waals surface area (Å²) in [5, 5.41) is 7.51. The van der Waals surface area contributed by atoms with Gasteiger partial charge in [-0.2, -0.15) is 5.10 Å². The van der Waals surface area contributed by atoms with Gasteiger partial charge in [-0.3, -0.25) is 5.32 Å². The van der Waals surface area contributed by atoms with Crippen LogP contribution in [0.25, 0.3) is 5.69 Å². The van der Waals surface area contributed by atoms with E-state index >= 15 is 0 Å². The molecule has 2 atom stereocenters. The number of rotatable bonds is 5. The Morgan fingerprint density at radius 1 is 1.10 bits per heavy atom. The van der Waals surface area contributed by atoms with Gasteiger partial charge in [0.2, 0.25) is 0 Å². The van der Waals surface area contributed by atoms with Crippen molar-refractivity contribution < 1.29 is 14.3 Å². The summed E-state index contributed by atoms with van der Waals surface area (Å²) >= 11 is 3.38. The maximum atomic E-state index is 12.3. The third-order valence-electron chi connectivity index (χ3n) is 5.43. The van der Waals surface area contributed by atoms with Gasteiger partial charge in [0.15, 0.2) is 0 Å². The van der Waals surface area contributed by atoms with Crippen LogP contribution < -0.4 is 10.1 Å². The fourth-order valence-corrected chi connectivity index (χ4v) is 4.22. The van der Waals surface area contributed by atoms with Crippen LogP contribution in [0.2, 0.25) is 0 Å². The van der Waals surface area contributed by atoms with Crippen molar-refractivity contribution in [3.63, 3.8) is 0 Å². The molecule has 0 unspecified atom stereocenters. The van der Waals surface area contributed by atoms with Gasteiger partial charge in [-0.1, -0.05) is 22.0 Å². The first-order valence-corrected chi connectivity index (χ1v) is 10.9. The first-order valence-electron chi connectivity index (χ1n) is 10.1. The maximum Gasteiger partial charge on any atom is 0.412 e. The number of methoxy groups -OCH3 is 1. The Morgan fingerprint density at radius 3 is 2.48 bits per heavy atom. The van der Waals surface area contributed by atoms with Crippen molar-refractivity contribution in [1.29, 1.82) is 0 Å². The van der Waals surface area contributed by atoms with Gasteiger partial charge in [-0.15, -0.1) is 0 Å². The zero-order valence-electron chi connectivity index (χ0n) is 17.6. The number of carbonyl (C=O) groups is 1. The average Bonchev–Trinajstić information content (AvgIpc) is 3.33. The largest absolute Gasteiger partial charge is 0.497 e. The monoisotopic (exact) mass is 481 g/mol. The highest BCUT2D eigenvalue weighted by molar-refractivity contribution is 9.10. The Hall–Kier alpha value is -3.06. The van der Waals surface area contributed by atoms with Gasteiger partial charge in [0.05, 0.1) is 18.5 Å². The number of halogens is 1. The van der Waals surface area contributed by atoms with E-state index in [2.05, 4.69) is 34.2 Å². The van der Waals surface area contributed by atoms with Crippen molar-refractivity contribution >= 4 is 27.7 Å². The number of hydrogen-bond donors (Lipinski definition) is 1. The number of allylic oxidation sites excluding steroid dienone is 1. The highest BCUT2D eigenvalue weighted by Gasteiger charge is 2.28. The third kappa shape index (κ3) is 4.66. The van der Waals surface area contributed by atoms with Gasteiger partial charge >= 0.3 is 6.09 Å². The molecule has 1 N–H and O–H groups in total. The molecular weight excluding hydrogens is 458 g/mol. The fraction of sp³-hybridized carbons (Fsp3) is 0.250.